The SMILES string of the molecule is NC(=O)C1CCCN(Cc2ccc(NC(=O)C3CC3c3ccccc3Cl)cc2)C1. The number of nitrogens with two attached hydrogens (primary N) is 1. The summed E-state index contributed by atoms with van der Waals surface area (Å²) in [6.45, 7) is 2.49. The Morgan fingerprint density at radius 1 is 1.14 bits per heavy atom. The molecule has 2 fully saturated rings. The van der Waals surface area contributed by atoms with Gasteiger partial charge in [-0.2, -0.15) is 0 Å². The zero-order valence-corrected chi connectivity index (χ0v) is 17.1. The van der Waals surface area contributed by atoms with E-state index in [4.69, 9.17) is 17.3 Å². The fourth-order valence-electron chi connectivity index (χ4n) is 4.22. The molecule has 3 unspecified atom stereocenters. The van der Waals surface area contributed by atoms with Gasteiger partial charge in [-0.25, -0.2) is 0 Å². The van der Waals surface area contributed by atoms with E-state index < -0.39 is 0 Å². The molecule has 0 radical (unpaired) electrons. The Morgan fingerprint density at radius 3 is 2.62 bits per heavy atom. The Labute approximate surface area is 176 Å². The molecular formula is C23H26ClN3O2. The van der Waals surface area contributed by atoms with Crippen LogP contribution in [-0.4, -0.2) is 29.8 Å². The third kappa shape index (κ3) is 4.80. The zero-order chi connectivity index (χ0) is 20.4. The van der Waals surface area contributed by atoms with E-state index in [2.05, 4.69) is 10.2 Å². The highest BCUT2D eigenvalue weighted by molar-refractivity contribution is 6.31. The first-order valence-electron chi connectivity index (χ1n) is 10.2. The summed E-state index contributed by atoms with van der Waals surface area (Å²) in [6, 6.07) is 15.7. The van der Waals surface area contributed by atoms with Gasteiger partial charge in [-0.15, -0.1) is 0 Å². The normalized spacial score (nSPS) is 24.1. The van der Waals surface area contributed by atoms with Gasteiger partial charge in [-0.05, 0) is 61.1 Å². The van der Waals surface area contributed by atoms with Crippen molar-refractivity contribution >= 4 is 29.1 Å². The molecule has 3 atom stereocenters. The van der Waals surface area contributed by atoms with E-state index in [9.17, 15) is 9.59 Å². The highest BCUT2D eigenvalue weighted by Gasteiger charge is 2.44. The van der Waals surface area contributed by atoms with Gasteiger partial charge < -0.3 is 11.1 Å². The minimum absolute atomic E-state index is 0.0198. The molecule has 1 aliphatic carbocycles. The van der Waals surface area contributed by atoms with E-state index in [1.807, 2.05) is 48.5 Å². The van der Waals surface area contributed by atoms with Crippen LogP contribution in [0.15, 0.2) is 48.5 Å². The number of anilines is 1. The fourth-order valence-corrected chi connectivity index (χ4v) is 4.50. The van der Waals surface area contributed by atoms with E-state index in [0.717, 1.165) is 60.7 Å². The second-order valence-electron chi connectivity index (χ2n) is 8.13. The van der Waals surface area contributed by atoms with Crippen molar-refractivity contribution in [1.82, 2.24) is 4.90 Å². The summed E-state index contributed by atoms with van der Waals surface area (Å²) < 4.78 is 0. The Morgan fingerprint density at radius 2 is 1.90 bits per heavy atom. The van der Waals surface area contributed by atoms with Gasteiger partial charge in [0.2, 0.25) is 11.8 Å². The molecule has 1 saturated heterocycles. The van der Waals surface area contributed by atoms with Gasteiger partial charge in [0.05, 0.1) is 5.92 Å². The summed E-state index contributed by atoms with van der Waals surface area (Å²) in [6.07, 6.45) is 2.71. The van der Waals surface area contributed by atoms with Crippen molar-refractivity contribution in [2.24, 2.45) is 17.6 Å². The molecule has 1 aliphatic heterocycles. The number of primary amides is 1. The molecule has 2 aromatic carbocycles. The van der Waals surface area contributed by atoms with E-state index in [-0.39, 0.29) is 29.6 Å². The molecule has 2 aliphatic rings. The smallest absolute Gasteiger partial charge is 0.228 e. The molecule has 2 amide bonds. The van der Waals surface area contributed by atoms with Crippen LogP contribution in [-0.2, 0) is 16.1 Å². The molecule has 1 saturated carbocycles. The number of hydrogen-bond acceptors (Lipinski definition) is 3. The van der Waals surface area contributed by atoms with Crippen molar-refractivity contribution in [1.29, 1.82) is 0 Å². The third-order valence-corrected chi connectivity index (χ3v) is 6.31. The van der Waals surface area contributed by atoms with Crippen LogP contribution in [0.25, 0.3) is 0 Å². The molecule has 5 nitrogen and oxygen atoms in total. The molecule has 4 rings (SSSR count). The maximum atomic E-state index is 12.6. The van der Waals surface area contributed by atoms with Crippen molar-refractivity contribution in [3.63, 3.8) is 0 Å². The number of halogens is 1. The average molecular weight is 412 g/mol. The van der Waals surface area contributed by atoms with Crippen LogP contribution in [0.5, 0.6) is 0 Å². The number of carbonyl (C=O) groups excluding carboxylic acids is 2. The summed E-state index contributed by atoms with van der Waals surface area (Å²) in [5.41, 5.74) is 8.48. The fraction of sp³-hybridized carbons (Fsp3) is 0.391. The molecule has 0 spiro atoms. The van der Waals surface area contributed by atoms with Crippen LogP contribution in [0, 0.1) is 11.8 Å². The Kier molecular flexibility index (Phi) is 5.88. The molecule has 0 bridgehead atoms. The van der Waals surface area contributed by atoms with E-state index in [1.165, 1.54) is 0 Å². The number of nitrogens with zero attached hydrogens (tertiary/aromatic N) is 1. The van der Waals surface area contributed by atoms with Gasteiger partial charge in [0.25, 0.3) is 0 Å². The van der Waals surface area contributed by atoms with Crippen molar-refractivity contribution in [2.75, 3.05) is 18.4 Å². The van der Waals surface area contributed by atoms with Gasteiger partial charge in [-0.1, -0.05) is 41.9 Å². The maximum absolute atomic E-state index is 12.6. The Balaban J connectivity index is 1.30. The summed E-state index contributed by atoms with van der Waals surface area (Å²) in [5, 5.41) is 3.75. The first kappa shape index (κ1) is 19.9. The number of benzene rings is 2. The van der Waals surface area contributed by atoms with Crippen LogP contribution in [0.2, 0.25) is 5.02 Å². The van der Waals surface area contributed by atoms with E-state index in [0.29, 0.717) is 0 Å². The highest BCUT2D eigenvalue weighted by atomic mass is 35.5. The van der Waals surface area contributed by atoms with Crippen molar-refractivity contribution in [3.05, 3.63) is 64.7 Å². The minimum atomic E-state index is -0.206. The van der Waals surface area contributed by atoms with Gasteiger partial charge in [0.15, 0.2) is 0 Å². The third-order valence-electron chi connectivity index (χ3n) is 5.97. The van der Waals surface area contributed by atoms with Crippen LogP contribution in [0.3, 0.4) is 0 Å². The Hall–Kier alpha value is -2.37. The number of amides is 2. The first-order valence-corrected chi connectivity index (χ1v) is 10.5. The van der Waals surface area contributed by atoms with Crippen molar-refractivity contribution in [3.8, 4) is 0 Å². The predicted octanol–water partition coefficient (Wildman–Crippen LogP) is 3.78. The van der Waals surface area contributed by atoms with Gasteiger partial charge in [0.1, 0.15) is 0 Å². The highest BCUT2D eigenvalue weighted by Crippen LogP contribution is 2.50. The molecule has 3 N–H and O–H groups in total. The number of rotatable bonds is 6. The van der Waals surface area contributed by atoms with Crippen LogP contribution in [0.4, 0.5) is 5.69 Å². The molecule has 152 valence electrons. The maximum Gasteiger partial charge on any atom is 0.228 e. The minimum Gasteiger partial charge on any atom is -0.369 e. The van der Waals surface area contributed by atoms with E-state index >= 15 is 0 Å². The van der Waals surface area contributed by atoms with E-state index in [1.54, 1.807) is 0 Å². The van der Waals surface area contributed by atoms with Crippen LogP contribution in [0.1, 0.15) is 36.3 Å². The first-order chi connectivity index (χ1) is 14.0. The summed E-state index contributed by atoms with van der Waals surface area (Å²) in [4.78, 5) is 26.3. The molecular weight excluding hydrogens is 386 g/mol. The van der Waals surface area contributed by atoms with Gasteiger partial charge >= 0.3 is 0 Å². The number of likely N-dealkylation sites (tertiary alicyclic amines) is 1. The summed E-state index contributed by atoms with van der Waals surface area (Å²) in [7, 11) is 0. The van der Waals surface area contributed by atoms with Crippen LogP contribution < -0.4 is 11.1 Å². The van der Waals surface area contributed by atoms with Crippen LogP contribution >= 0.6 is 11.6 Å². The second kappa shape index (κ2) is 8.56. The lowest BCUT2D eigenvalue weighted by molar-refractivity contribution is -0.123. The van der Waals surface area contributed by atoms with Crippen molar-refractivity contribution < 1.29 is 9.59 Å². The molecule has 2 aromatic rings. The molecule has 1 heterocycles. The predicted molar refractivity (Wildman–Crippen MR) is 115 cm³/mol. The summed E-state index contributed by atoms with van der Waals surface area (Å²) in [5.74, 6) is -0.0215. The number of piperidine rings is 1. The largest absolute Gasteiger partial charge is 0.369 e. The summed E-state index contributed by atoms with van der Waals surface area (Å²) >= 11 is 6.25. The standard InChI is InChI=1S/C23H26ClN3O2/c24-21-6-2-1-5-18(21)19-12-20(19)23(29)26-17-9-7-15(8-10-17)13-27-11-3-4-16(14-27)22(25)28/h1-2,5-10,16,19-20H,3-4,11-14H2,(H2,25,28)(H,26,29). The quantitative estimate of drug-likeness (QED) is 0.759. The lowest BCUT2D eigenvalue weighted by Crippen LogP contribution is -2.40. The monoisotopic (exact) mass is 411 g/mol. The number of nitrogens with one attached hydrogen (secondary N) is 1. The molecule has 29 heavy (non-hydrogen) atoms. The molecule has 0 aromatic heterocycles. The topological polar surface area (TPSA) is 75.4 Å². The second-order valence-corrected chi connectivity index (χ2v) is 8.54. The average Bonchev–Trinajstić information content (AvgIpc) is 3.51. The Bertz CT molecular complexity index is 899. The van der Waals surface area contributed by atoms with Crippen molar-refractivity contribution in [2.45, 2.75) is 31.7 Å². The lowest BCUT2D eigenvalue weighted by Gasteiger charge is -2.31. The zero-order valence-electron chi connectivity index (χ0n) is 16.3. The lowest BCUT2D eigenvalue weighted by atomic mass is 9.97. The van der Waals surface area contributed by atoms with Gasteiger partial charge in [0, 0.05) is 29.7 Å². The number of hydrogen-bond donors (Lipinski definition) is 2. The van der Waals surface area contributed by atoms with Gasteiger partial charge in [-0.3, -0.25) is 14.5 Å². The number of carbonyl (C=O) groups is 2. The molecule has 6 heteroatoms.